The number of benzene rings is 1. The smallest absolute Gasteiger partial charge is 0.241 e. The number of carbonyl (C=O) groups is 1. The highest BCUT2D eigenvalue weighted by Crippen LogP contribution is 2.14. The van der Waals surface area contributed by atoms with E-state index in [2.05, 4.69) is 10.7 Å². The van der Waals surface area contributed by atoms with Crippen LogP contribution in [0.1, 0.15) is 22.7 Å². The Balaban J connectivity index is 1.95. The molecule has 1 unspecified atom stereocenters. The van der Waals surface area contributed by atoms with Crippen LogP contribution in [0.5, 0.6) is 0 Å². The lowest BCUT2D eigenvalue weighted by atomic mass is 10.1. The predicted octanol–water partition coefficient (Wildman–Crippen LogP) is 2.37. The molecular weight excluding hydrogens is 244 g/mol. The SMILES string of the molecule is Cc1cscc1CNC(=O)C(N)c1ccccc1. The summed E-state index contributed by atoms with van der Waals surface area (Å²) in [7, 11) is 0. The molecule has 0 saturated heterocycles. The van der Waals surface area contributed by atoms with Crippen LogP contribution >= 0.6 is 11.3 Å². The maximum atomic E-state index is 11.9. The number of hydrogen-bond donors (Lipinski definition) is 2. The molecule has 0 aliphatic rings. The van der Waals surface area contributed by atoms with E-state index in [9.17, 15) is 4.79 Å². The molecule has 3 nitrogen and oxygen atoms in total. The molecule has 0 saturated carbocycles. The van der Waals surface area contributed by atoms with Crippen molar-refractivity contribution < 1.29 is 4.79 Å². The minimum absolute atomic E-state index is 0.146. The van der Waals surface area contributed by atoms with Gasteiger partial charge in [0.05, 0.1) is 0 Å². The molecule has 2 rings (SSSR count). The summed E-state index contributed by atoms with van der Waals surface area (Å²) < 4.78 is 0. The molecule has 1 aromatic carbocycles. The third kappa shape index (κ3) is 2.97. The van der Waals surface area contributed by atoms with Crippen LogP contribution in [0.2, 0.25) is 0 Å². The lowest BCUT2D eigenvalue weighted by Crippen LogP contribution is -2.33. The predicted molar refractivity (Wildman–Crippen MR) is 74.3 cm³/mol. The van der Waals surface area contributed by atoms with Gasteiger partial charge in [0.2, 0.25) is 5.91 Å². The van der Waals surface area contributed by atoms with E-state index in [1.165, 1.54) is 5.56 Å². The van der Waals surface area contributed by atoms with Crippen LogP contribution in [0.15, 0.2) is 41.1 Å². The molecule has 0 radical (unpaired) electrons. The van der Waals surface area contributed by atoms with E-state index < -0.39 is 6.04 Å². The zero-order chi connectivity index (χ0) is 13.0. The first-order valence-corrected chi connectivity index (χ1v) is 6.72. The molecule has 0 fully saturated rings. The van der Waals surface area contributed by atoms with Gasteiger partial charge in [-0.3, -0.25) is 4.79 Å². The second kappa shape index (κ2) is 5.80. The minimum atomic E-state index is -0.606. The van der Waals surface area contributed by atoms with Crippen LogP contribution < -0.4 is 11.1 Å². The molecule has 4 heteroatoms. The van der Waals surface area contributed by atoms with Gasteiger partial charge in [0.15, 0.2) is 0 Å². The molecule has 0 aliphatic heterocycles. The maximum absolute atomic E-state index is 11.9. The highest BCUT2D eigenvalue weighted by molar-refractivity contribution is 7.08. The molecule has 0 bridgehead atoms. The lowest BCUT2D eigenvalue weighted by Gasteiger charge is -2.12. The van der Waals surface area contributed by atoms with Crippen molar-refractivity contribution in [1.82, 2.24) is 5.32 Å². The van der Waals surface area contributed by atoms with Crippen LogP contribution in [0, 0.1) is 6.92 Å². The van der Waals surface area contributed by atoms with E-state index in [1.54, 1.807) is 11.3 Å². The Morgan fingerprint density at radius 1 is 1.33 bits per heavy atom. The molecule has 0 aliphatic carbocycles. The molecular formula is C14H16N2OS. The first-order chi connectivity index (χ1) is 8.68. The van der Waals surface area contributed by atoms with Crippen molar-refractivity contribution in [3.8, 4) is 0 Å². The second-order valence-corrected chi connectivity index (χ2v) is 4.93. The van der Waals surface area contributed by atoms with Crippen LogP contribution in [-0.2, 0) is 11.3 Å². The zero-order valence-corrected chi connectivity index (χ0v) is 11.0. The quantitative estimate of drug-likeness (QED) is 0.886. The van der Waals surface area contributed by atoms with Gasteiger partial charge in [-0.05, 0) is 34.4 Å². The van der Waals surface area contributed by atoms with E-state index in [4.69, 9.17) is 5.73 Å². The van der Waals surface area contributed by atoms with Crippen LogP contribution in [-0.4, -0.2) is 5.91 Å². The van der Waals surface area contributed by atoms with Crippen molar-refractivity contribution in [2.75, 3.05) is 0 Å². The van der Waals surface area contributed by atoms with Crippen molar-refractivity contribution >= 4 is 17.2 Å². The zero-order valence-electron chi connectivity index (χ0n) is 10.2. The molecule has 1 amide bonds. The normalized spacial score (nSPS) is 12.1. The van der Waals surface area contributed by atoms with E-state index in [0.717, 1.165) is 11.1 Å². The van der Waals surface area contributed by atoms with Crippen molar-refractivity contribution in [2.45, 2.75) is 19.5 Å². The number of rotatable bonds is 4. The third-order valence-electron chi connectivity index (χ3n) is 2.86. The fraction of sp³-hybridized carbons (Fsp3) is 0.214. The molecule has 2 aromatic rings. The van der Waals surface area contributed by atoms with Gasteiger partial charge in [0.1, 0.15) is 6.04 Å². The minimum Gasteiger partial charge on any atom is -0.350 e. The first kappa shape index (κ1) is 12.8. The Hall–Kier alpha value is -1.65. The Bertz CT molecular complexity index is 522. The van der Waals surface area contributed by atoms with Gasteiger partial charge in [-0.25, -0.2) is 0 Å². The number of carbonyl (C=O) groups excluding carboxylic acids is 1. The number of thiophene rings is 1. The summed E-state index contributed by atoms with van der Waals surface area (Å²) in [5, 5.41) is 6.98. The Morgan fingerprint density at radius 2 is 2.06 bits per heavy atom. The topological polar surface area (TPSA) is 55.1 Å². The summed E-state index contributed by atoms with van der Waals surface area (Å²) in [6.45, 7) is 2.57. The fourth-order valence-corrected chi connectivity index (χ4v) is 2.53. The van der Waals surface area contributed by atoms with E-state index in [1.807, 2.05) is 42.6 Å². The van der Waals surface area contributed by atoms with Gasteiger partial charge >= 0.3 is 0 Å². The number of nitrogens with two attached hydrogens (primary N) is 1. The molecule has 94 valence electrons. The highest BCUT2D eigenvalue weighted by Gasteiger charge is 2.15. The summed E-state index contributed by atoms with van der Waals surface area (Å²) in [6.07, 6.45) is 0. The number of hydrogen-bond acceptors (Lipinski definition) is 3. The Morgan fingerprint density at radius 3 is 2.67 bits per heavy atom. The van der Waals surface area contributed by atoms with Gasteiger partial charge in [-0.15, -0.1) is 0 Å². The van der Waals surface area contributed by atoms with Crippen molar-refractivity contribution in [1.29, 1.82) is 0 Å². The maximum Gasteiger partial charge on any atom is 0.241 e. The molecule has 1 atom stereocenters. The number of aryl methyl sites for hydroxylation is 1. The molecule has 3 N–H and O–H groups in total. The van der Waals surface area contributed by atoms with Gasteiger partial charge in [-0.1, -0.05) is 30.3 Å². The first-order valence-electron chi connectivity index (χ1n) is 5.78. The Kier molecular flexibility index (Phi) is 4.12. The lowest BCUT2D eigenvalue weighted by molar-refractivity contribution is -0.122. The van der Waals surface area contributed by atoms with E-state index in [-0.39, 0.29) is 5.91 Å². The van der Waals surface area contributed by atoms with Crippen molar-refractivity contribution in [2.24, 2.45) is 5.73 Å². The van der Waals surface area contributed by atoms with Crippen molar-refractivity contribution in [3.63, 3.8) is 0 Å². The van der Waals surface area contributed by atoms with Gasteiger partial charge in [0, 0.05) is 6.54 Å². The van der Waals surface area contributed by atoms with Crippen LogP contribution in [0.3, 0.4) is 0 Å². The summed E-state index contributed by atoms with van der Waals surface area (Å²) >= 11 is 1.64. The summed E-state index contributed by atoms with van der Waals surface area (Å²) in [5.74, 6) is -0.146. The highest BCUT2D eigenvalue weighted by atomic mass is 32.1. The van der Waals surface area contributed by atoms with Crippen molar-refractivity contribution in [3.05, 3.63) is 57.8 Å². The van der Waals surface area contributed by atoms with Crippen LogP contribution in [0.4, 0.5) is 0 Å². The summed E-state index contributed by atoms with van der Waals surface area (Å²) in [6, 6.07) is 8.78. The average molecular weight is 260 g/mol. The molecule has 1 aromatic heterocycles. The van der Waals surface area contributed by atoms with E-state index >= 15 is 0 Å². The van der Waals surface area contributed by atoms with Crippen LogP contribution in [0.25, 0.3) is 0 Å². The standard InChI is InChI=1S/C14H16N2OS/c1-10-8-18-9-12(10)7-16-14(17)13(15)11-5-3-2-4-6-11/h2-6,8-9,13H,7,15H2,1H3,(H,16,17). The number of amides is 1. The Labute approximate surface area is 111 Å². The summed E-state index contributed by atoms with van der Waals surface area (Å²) in [5.41, 5.74) is 9.09. The third-order valence-corrected chi connectivity index (χ3v) is 3.77. The van der Waals surface area contributed by atoms with E-state index in [0.29, 0.717) is 6.54 Å². The van der Waals surface area contributed by atoms with Gasteiger partial charge < -0.3 is 11.1 Å². The van der Waals surface area contributed by atoms with Gasteiger partial charge in [-0.2, -0.15) is 11.3 Å². The summed E-state index contributed by atoms with van der Waals surface area (Å²) in [4.78, 5) is 11.9. The fourth-order valence-electron chi connectivity index (χ4n) is 1.67. The molecule has 0 spiro atoms. The second-order valence-electron chi connectivity index (χ2n) is 4.19. The average Bonchev–Trinajstić information content (AvgIpc) is 2.81. The molecule has 1 heterocycles. The van der Waals surface area contributed by atoms with Gasteiger partial charge in [0.25, 0.3) is 0 Å². The largest absolute Gasteiger partial charge is 0.350 e. The monoisotopic (exact) mass is 260 g/mol. The number of nitrogens with one attached hydrogen (secondary N) is 1. The molecule has 18 heavy (non-hydrogen) atoms.